The van der Waals surface area contributed by atoms with Crippen molar-refractivity contribution in [3.63, 3.8) is 0 Å². The molecule has 0 bridgehead atoms. The third kappa shape index (κ3) is 3.31. The molecule has 1 aliphatic heterocycles. The normalized spacial score (nSPS) is 14.9. The van der Waals surface area contributed by atoms with Crippen molar-refractivity contribution in [2.45, 2.75) is 0 Å². The first-order valence-corrected chi connectivity index (χ1v) is 7.29. The first-order chi connectivity index (χ1) is 11.0. The van der Waals surface area contributed by atoms with Crippen molar-refractivity contribution in [2.75, 3.05) is 31.1 Å². The number of nitrogens with zero attached hydrogens (tertiary/aromatic N) is 2. The number of hydrogen-bond acceptors (Lipinski definition) is 2. The average molecular weight is 320 g/mol. The van der Waals surface area contributed by atoms with Gasteiger partial charge >= 0.3 is 0 Å². The van der Waals surface area contributed by atoms with E-state index in [0.29, 0.717) is 26.2 Å². The Hall–Kier alpha value is -2.50. The zero-order valence-corrected chi connectivity index (χ0v) is 12.3. The Bertz CT molecular complexity index is 710. The summed E-state index contributed by atoms with van der Waals surface area (Å²) in [6, 6.07) is 9.35. The molecular formula is C17H15F3N2O. The lowest BCUT2D eigenvalue weighted by molar-refractivity contribution is 0.0746. The van der Waals surface area contributed by atoms with Crippen LogP contribution in [0.1, 0.15) is 10.4 Å². The zero-order chi connectivity index (χ0) is 16.4. The van der Waals surface area contributed by atoms with Crippen LogP contribution < -0.4 is 4.90 Å². The van der Waals surface area contributed by atoms with Gasteiger partial charge in [-0.2, -0.15) is 0 Å². The number of carbonyl (C=O) groups excluding carboxylic acids is 1. The standard InChI is InChI=1S/C17H15F3N2O/c18-13-2-4-14(5-3-13)21-7-9-22(10-8-21)17(23)12-1-6-15(19)16(20)11-12/h1-6,11H,7-10H2. The molecule has 2 aromatic rings. The minimum absolute atomic E-state index is 0.138. The Morgan fingerprint density at radius 2 is 1.48 bits per heavy atom. The fourth-order valence-corrected chi connectivity index (χ4v) is 2.63. The second-order valence-electron chi connectivity index (χ2n) is 5.38. The van der Waals surface area contributed by atoms with Gasteiger partial charge in [-0.25, -0.2) is 13.2 Å². The number of hydrogen-bond donors (Lipinski definition) is 0. The van der Waals surface area contributed by atoms with Crippen LogP contribution in [0.2, 0.25) is 0 Å². The molecule has 2 aromatic carbocycles. The number of rotatable bonds is 2. The topological polar surface area (TPSA) is 23.6 Å². The van der Waals surface area contributed by atoms with Gasteiger partial charge in [-0.15, -0.1) is 0 Å². The number of benzene rings is 2. The first-order valence-electron chi connectivity index (χ1n) is 7.29. The smallest absolute Gasteiger partial charge is 0.254 e. The van der Waals surface area contributed by atoms with Gasteiger partial charge < -0.3 is 9.80 Å². The Kier molecular flexibility index (Phi) is 4.23. The lowest BCUT2D eigenvalue weighted by Crippen LogP contribution is -2.48. The number of amides is 1. The highest BCUT2D eigenvalue weighted by Crippen LogP contribution is 2.18. The zero-order valence-electron chi connectivity index (χ0n) is 12.3. The first kappa shape index (κ1) is 15.4. The van der Waals surface area contributed by atoms with E-state index in [4.69, 9.17) is 0 Å². The van der Waals surface area contributed by atoms with Crippen LogP contribution in [0.3, 0.4) is 0 Å². The number of halogens is 3. The molecule has 1 amide bonds. The summed E-state index contributed by atoms with van der Waals surface area (Å²) < 4.78 is 39.1. The van der Waals surface area contributed by atoms with E-state index in [1.165, 1.54) is 18.2 Å². The van der Waals surface area contributed by atoms with Crippen molar-refractivity contribution in [3.8, 4) is 0 Å². The molecule has 0 aromatic heterocycles. The Balaban J connectivity index is 1.65. The fraction of sp³-hybridized carbons (Fsp3) is 0.235. The minimum Gasteiger partial charge on any atom is -0.368 e. The van der Waals surface area contributed by atoms with E-state index in [9.17, 15) is 18.0 Å². The summed E-state index contributed by atoms with van der Waals surface area (Å²) in [5, 5.41) is 0. The van der Waals surface area contributed by atoms with Gasteiger partial charge in [-0.05, 0) is 42.5 Å². The van der Waals surface area contributed by atoms with E-state index in [1.807, 2.05) is 0 Å². The van der Waals surface area contributed by atoms with Crippen LogP contribution in [0.4, 0.5) is 18.9 Å². The molecule has 1 heterocycles. The maximum atomic E-state index is 13.2. The lowest BCUT2D eigenvalue weighted by Gasteiger charge is -2.36. The van der Waals surface area contributed by atoms with Gasteiger partial charge in [-0.3, -0.25) is 4.79 Å². The molecule has 0 aliphatic carbocycles. The van der Waals surface area contributed by atoms with Crippen LogP contribution in [0, 0.1) is 17.5 Å². The molecule has 3 nitrogen and oxygen atoms in total. The summed E-state index contributed by atoms with van der Waals surface area (Å²) >= 11 is 0. The highest BCUT2D eigenvalue weighted by atomic mass is 19.2. The van der Waals surface area contributed by atoms with E-state index >= 15 is 0 Å². The van der Waals surface area contributed by atoms with Gasteiger partial charge in [-0.1, -0.05) is 0 Å². The molecule has 0 radical (unpaired) electrons. The maximum Gasteiger partial charge on any atom is 0.254 e. The molecule has 0 spiro atoms. The Morgan fingerprint density at radius 3 is 2.09 bits per heavy atom. The number of anilines is 1. The number of piperazine rings is 1. The Morgan fingerprint density at radius 1 is 0.826 bits per heavy atom. The quantitative estimate of drug-likeness (QED) is 0.849. The minimum atomic E-state index is -1.03. The maximum absolute atomic E-state index is 13.2. The monoisotopic (exact) mass is 320 g/mol. The highest BCUT2D eigenvalue weighted by Gasteiger charge is 2.23. The molecule has 0 unspecified atom stereocenters. The van der Waals surface area contributed by atoms with Crippen molar-refractivity contribution in [3.05, 3.63) is 65.5 Å². The van der Waals surface area contributed by atoms with Crippen molar-refractivity contribution in [2.24, 2.45) is 0 Å². The van der Waals surface area contributed by atoms with Gasteiger partial charge in [0, 0.05) is 37.4 Å². The van der Waals surface area contributed by atoms with Crippen LogP contribution in [0.25, 0.3) is 0 Å². The van der Waals surface area contributed by atoms with E-state index in [0.717, 1.165) is 17.8 Å². The van der Waals surface area contributed by atoms with Crippen LogP contribution in [-0.4, -0.2) is 37.0 Å². The summed E-state index contributed by atoms with van der Waals surface area (Å²) in [6.45, 7) is 2.13. The van der Waals surface area contributed by atoms with Crippen LogP contribution in [0.5, 0.6) is 0 Å². The summed E-state index contributed by atoms with van der Waals surface area (Å²) in [4.78, 5) is 16.0. The Labute approximate surface area is 131 Å². The van der Waals surface area contributed by atoms with E-state index in [1.54, 1.807) is 17.0 Å². The van der Waals surface area contributed by atoms with E-state index in [-0.39, 0.29) is 17.3 Å². The van der Waals surface area contributed by atoms with Crippen molar-refractivity contribution < 1.29 is 18.0 Å². The molecule has 3 rings (SSSR count). The predicted molar refractivity (Wildman–Crippen MR) is 80.9 cm³/mol. The summed E-state index contributed by atoms with van der Waals surface area (Å²) in [6.07, 6.45) is 0. The van der Waals surface area contributed by atoms with Gasteiger partial charge in [0.05, 0.1) is 0 Å². The molecule has 120 valence electrons. The molecule has 1 fully saturated rings. The molecule has 1 aliphatic rings. The third-order valence-corrected chi connectivity index (χ3v) is 3.93. The van der Waals surface area contributed by atoms with Crippen LogP contribution >= 0.6 is 0 Å². The molecule has 0 N–H and O–H groups in total. The van der Waals surface area contributed by atoms with Crippen LogP contribution in [-0.2, 0) is 0 Å². The van der Waals surface area contributed by atoms with E-state index < -0.39 is 11.6 Å². The summed E-state index contributed by atoms with van der Waals surface area (Å²) in [5.41, 5.74) is 1.03. The molecule has 0 saturated carbocycles. The SMILES string of the molecule is O=C(c1ccc(F)c(F)c1)N1CCN(c2ccc(F)cc2)CC1. The molecule has 1 saturated heterocycles. The fourth-order valence-electron chi connectivity index (χ4n) is 2.63. The second-order valence-corrected chi connectivity index (χ2v) is 5.38. The largest absolute Gasteiger partial charge is 0.368 e. The van der Waals surface area contributed by atoms with Gasteiger partial charge in [0.2, 0.25) is 0 Å². The van der Waals surface area contributed by atoms with Crippen LogP contribution in [0.15, 0.2) is 42.5 Å². The molecule has 23 heavy (non-hydrogen) atoms. The van der Waals surface area contributed by atoms with Gasteiger partial charge in [0.25, 0.3) is 5.91 Å². The predicted octanol–water partition coefficient (Wildman–Crippen LogP) is 3.07. The molecule has 6 heteroatoms. The average Bonchev–Trinajstić information content (AvgIpc) is 2.57. The van der Waals surface area contributed by atoms with Crippen molar-refractivity contribution >= 4 is 11.6 Å². The summed E-state index contributed by atoms with van der Waals surface area (Å²) in [5.74, 6) is -2.60. The van der Waals surface area contributed by atoms with Gasteiger partial charge in [0.1, 0.15) is 5.82 Å². The third-order valence-electron chi connectivity index (χ3n) is 3.93. The molecular weight excluding hydrogens is 305 g/mol. The number of carbonyl (C=O) groups is 1. The van der Waals surface area contributed by atoms with Crippen molar-refractivity contribution in [1.82, 2.24) is 4.90 Å². The lowest BCUT2D eigenvalue weighted by atomic mass is 10.1. The molecule has 0 atom stereocenters. The van der Waals surface area contributed by atoms with Crippen molar-refractivity contribution in [1.29, 1.82) is 0 Å². The second kappa shape index (κ2) is 6.32. The highest BCUT2D eigenvalue weighted by molar-refractivity contribution is 5.94. The summed E-state index contributed by atoms with van der Waals surface area (Å²) in [7, 11) is 0. The van der Waals surface area contributed by atoms with Gasteiger partial charge in [0.15, 0.2) is 11.6 Å². The van der Waals surface area contributed by atoms with E-state index in [2.05, 4.69) is 4.90 Å².